The summed E-state index contributed by atoms with van der Waals surface area (Å²) in [6, 6.07) is 9.99. The molecule has 0 unspecified atom stereocenters. The molecule has 5 heteroatoms. The minimum atomic E-state index is -0.431. The van der Waals surface area contributed by atoms with Crippen molar-refractivity contribution in [3.05, 3.63) is 69.4 Å². The van der Waals surface area contributed by atoms with Crippen LogP contribution in [-0.4, -0.2) is 11.6 Å². The molecule has 0 radical (unpaired) electrons. The smallest absolute Gasteiger partial charge is 0.230 e. The Morgan fingerprint density at radius 3 is 2.17 bits per heavy atom. The number of carbonyl (C=O) groups is 2. The van der Waals surface area contributed by atoms with Crippen LogP contribution in [0.2, 0.25) is 0 Å². The van der Waals surface area contributed by atoms with Crippen LogP contribution in [0.25, 0.3) is 0 Å². The SMILES string of the molecule is Cc1cc(N)c(OC2=C(Cl)C(=O)c3ccccc3C2=O)cc1C. The molecule has 0 bridgehead atoms. The molecule has 4 nitrogen and oxygen atoms in total. The maximum atomic E-state index is 12.6. The Balaban J connectivity index is 2.07. The van der Waals surface area contributed by atoms with E-state index in [-0.39, 0.29) is 21.9 Å². The lowest BCUT2D eigenvalue weighted by Crippen LogP contribution is -2.23. The monoisotopic (exact) mass is 327 g/mol. The van der Waals surface area contributed by atoms with Gasteiger partial charge in [-0.15, -0.1) is 0 Å². The van der Waals surface area contributed by atoms with E-state index in [0.717, 1.165) is 11.1 Å². The number of rotatable bonds is 2. The summed E-state index contributed by atoms with van der Waals surface area (Å²) in [6.45, 7) is 3.83. The molecule has 23 heavy (non-hydrogen) atoms. The number of benzene rings is 2. The third-order valence-corrected chi connectivity index (χ3v) is 4.20. The van der Waals surface area contributed by atoms with Crippen LogP contribution in [0.1, 0.15) is 31.8 Å². The molecule has 0 saturated heterocycles. The molecule has 116 valence electrons. The van der Waals surface area contributed by atoms with Crippen LogP contribution in [0.15, 0.2) is 47.2 Å². The number of halogens is 1. The predicted molar refractivity (Wildman–Crippen MR) is 88.9 cm³/mol. The Morgan fingerprint density at radius 1 is 0.957 bits per heavy atom. The summed E-state index contributed by atoms with van der Waals surface area (Å²) in [7, 11) is 0. The fourth-order valence-corrected chi connectivity index (χ4v) is 2.65. The zero-order valence-corrected chi connectivity index (χ0v) is 13.4. The summed E-state index contributed by atoms with van der Waals surface area (Å²) in [5.41, 5.74) is 8.84. The van der Waals surface area contributed by atoms with Gasteiger partial charge in [0.15, 0.2) is 11.5 Å². The first-order chi connectivity index (χ1) is 10.9. The molecule has 0 aromatic heterocycles. The van der Waals surface area contributed by atoms with Crippen LogP contribution in [0.3, 0.4) is 0 Å². The van der Waals surface area contributed by atoms with E-state index in [4.69, 9.17) is 22.1 Å². The van der Waals surface area contributed by atoms with Gasteiger partial charge in [0.2, 0.25) is 11.6 Å². The van der Waals surface area contributed by atoms with Gasteiger partial charge in [0.25, 0.3) is 0 Å². The maximum Gasteiger partial charge on any atom is 0.230 e. The quantitative estimate of drug-likeness (QED) is 0.852. The fraction of sp³-hybridized carbons (Fsp3) is 0.111. The number of ether oxygens (including phenoxy) is 1. The Bertz CT molecular complexity index is 884. The lowest BCUT2D eigenvalue weighted by Gasteiger charge is -2.19. The minimum absolute atomic E-state index is 0.190. The molecule has 0 aliphatic heterocycles. The average molecular weight is 328 g/mol. The zero-order chi connectivity index (χ0) is 16.7. The molecule has 1 aliphatic carbocycles. The van der Waals surface area contributed by atoms with E-state index >= 15 is 0 Å². The van der Waals surface area contributed by atoms with Gasteiger partial charge in [-0.2, -0.15) is 0 Å². The topological polar surface area (TPSA) is 69.4 Å². The van der Waals surface area contributed by atoms with Crippen molar-refractivity contribution in [2.75, 3.05) is 5.73 Å². The van der Waals surface area contributed by atoms with Gasteiger partial charge >= 0.3 is 0 Å². The lowest BCUT2D eigenvalue weighted by molar-refractivity contribution is 0.0943. The Kier molecular flexibility index (Phi) is 3.70. The van der Waals surface area contributed by atoms with Crippen molar-refractivity contribution in [2.24, 2.45) is 0 Å². The number of aryl methyl sites for hydroxylation is 2. The maximum absolute atomic E-state index is 12.6. The van der Waals surface area contributed by atoms with E-state index in [1.54, 1.807) is 36.4 Å². The summed E-state index contributed by atoms with van der Waals surface area (Å²) >= 11 is 6.07. The van der Waals surface area contributed by atoms with Crippen molar-refractivity contribution in [2.45, 2.75) is 13.8 Å². The van der Waals surface area contributed by atoms with Gasteiger partial charge in [-0.25, -0.2) is 0 Å². The van der Waals surface area contributed by atoms with Crippen LogP contribution >= 0.6 is 11.6 Å². The molecule has 1 aliphatic rings. The highest BCUT2D eigenvalue weighted by molar-refractivity contribution is 6.49. The van der Waals surface area contributed by atoms with Gasteiger partial charge in [-0.3, -0.25) is 9.59 Å². The molecule has 2 aromatic carbocycles. The van der Waals surface area contributed by atoms with E-state index in [0.29, 0.717) is 11.4 Å². The molecule has 3 rings (SSSR count). The van der Waals surface area contributed by atoms with Gasteiger partial charge in [-0.1, -0.05) is 35.9 Å². The number of carbonyl (C=O) groups excluding carboxylic acids is 2. The molecular weight excluding hydrogens is 314 g/mol. The zero-order valence-electron chi connectivity index (χ0n) is 12.6. The number of hydrogen-bond acceptors (Lipinski definition) is 4. The largest absolute Gasteiger partial charge is 0.449 e. The highest BCUT2D eigenvalue weighted by atomic mass is 35.5. The predicted octanol–water partition coefficient (Wildman–Crippen LogP) is 3.79. The number of nitrogens with two attached hydrogens (primary N) is 1. The number of allylic oxidation sites excluding steroid dienone is 2. The Morgan fingerprint density at radius 2 is 1.52 bits per heavy atom. The average Bonchev–Trinajstić information content (AvgIpc) is 2.54. The van der Waals surface area contributed by atoms with Crippen molar-refractivity contribution < 1.29 is 14.3 Å². The highest BCUT2D eigenvalue weighted by Crippen LogP contribution is 2.33. The van der Waals surface area contributed by atoms with Gasteiger partial charge in [0.1, 0.15) is 5.03 Å². The number of Topliss-reactive ketones (excluding diaryl/α,β-unsaturated/α-hetero) is 2. The van der Waals surface area contributed by atoms with Gasteiger partial charge in [-0.05, 0) is 37.1 Å². The van der Waals surface area contributed by atoms with Crippen LogP contribution in [-0.2, 0) is 0 Å². The van der Waals surface area contributed by atoms with Gasteiger partial charge < -0.3 is 10.5 Å². The molecule has 0 spiro atoms. The third-order valence-electron chi connectivity index (χ3n) is 3.86. The van der Waals surface area contributed by atoms with Crippen molar-refractivity contribution in [3.63, 3.8) is 0 Å². The first kappa shape index (κ1) is 15.3. The van der Waals surface area contributed by atoms with E-state index in [9.17, 15) is 9.59 Å². The number of fused-ring (bicyclic) bond motifs is 1. The molecule has 2 aromatic rings. The van der Waals surface area contributed by atoms with E-state index in [2.05, 4.69) is 0 Å². The van der Waals surface area contributed by atoms with Crippen molar-refractivity contribution in [3.8, 4) is 5.75 Å². The van der Waals surface area contributed by atoms with E-state index in [1.165, 1.54) is 0 Å². The summed E-state index contributed by atoms with van der Waals surface area (Å²) in [5.74, 6) is -0.741. The molecule has 0 atom stereocenters. The van der Waals surface area contributed by atoms with Gasteiger partial charge in [0.05, 0.1) is 5.69 Å². The highest BCUT2D eigenvalue weighted by Gasteiger charge is 2.33. The normalized spacial score (nSPS) is 14.0. The van der Waals surface area contributed by atoms with Crippen LogP contribution in [0.4, 0.5) is 5.69 Å². The molecule has 0 saturated carbocycles. The lowest BCUT2D eigenvalue weighted by atomic mass is 9.93. The van der Waals surface area contributed by atoms with Crippen molar-refractivity contribution in [1.29, 1.82) is 0 Å². The second-order valence-corrected chi connectivity index (χ2v) is 5.80. The summed E-state index contributed by atoms with van der Waals surface area (Å²) in [4.78, 5) is 24.9. The second kappa shape index (κ2) is 5.56. The van der Waals surface area contributed by atoms with Crippen molar-refractivity contribution in [1.82, 2.24) is 0 Å². The fourth-order valence-electron chi connectivity index (χ4n) is 2.42. The third kappa shape index (κ3) is 2.51. The summed E-state index contributed by atoms with van der Waals surface area (Å²) in [5, 5.41) is -0.230. The summed E-state index contributed by atoms with van der Waals surface area (Å²) < 4.78 is 5.63. The number of ketones is 2. The van der Waals surface area contributed by atoms with Crippen LogP contribution in [0.5, 0.6) is 5.75 Å². The molecular formula is C18H14ClNO3. The van der Waals surface area contributed by atoms with E-state index in [1.807, 2.05) is 13.8 Å². The van der Waals surface area contributed by atoms with Crippen molar-refractivity contribution >= 4 is 28.9 Å². The molecule has 0 amide bonds. The molecule has 0 fully saturated rings. The second-order valence-electron chi connectivity index (χ2n) is 5.42. The minimum Gasteiger partial charge on any atom is -0.449 e. The molecule has 2 N–H and O–H groups in total. The van der Waals surface area contributed by atoms with Crippen LogP contribution in [0, 0.1) is 13.8 Å². The molecule has 0 heterocycles. The summed E-state index contributed by atoms with van der Waals surface area (Å²) in [6.07, 6.45) is 0. The van der Waals surface area contributed by atoms with E-state index < -0.39 is 11.6 Å². The Labute approximate surface area is 138 Å². The number of nitrogen functional groups attached to an aromatic ring is 1. The first-order valence-electron chi connectivity index (χ1n) is 7.03. The Hall–Kier alpha value is -2.59. The number of hydrogen-bond donors (Lipinski definition) is 1. The first-order valence-corrected chi connectivity index (χ1v) is 7.40. The van der Waals surface area contributed by atoms with Gasteiger partial charge in [0, 0.05) is 11.1 Å². The number of anilines is 1. The standard InChI is InChI=1S/C18H14ClNO3/c1-9-7-13(20)14(8-10(9)2)23-18-15(19)16(21)11-5-3-4-6-12(11)17(18)22/h3-8H,20H2,1-2H3. The van der Waals surface area contributed by atoms with Crippen LogP contribution < -0.4 is 10.5 Å².